The van der Waals surface area contributed by atoms with Crippen LogP contribution < -0.4 is 4.74 Å². The molecule has 0 N–H and O–H groups in total. The first-order chi connectivity index (χ1) is 21.2. The third kappa shape index (κ3) is 3.86. The van der Waals surface area contributed by atoms with Gasteiger partial charge in [-0.25, -0.2) is 0 Å². The zero-order valence-electron chi connectivity index (χ0n) is 26.9. The Morgan fingerprint density at radius 1 is 0.932 bits per heavy atom. The van der Waals surface area contributed by atoms with Gasteiger partial charge in [0.25, 0.3) is 0 Å². The molecule has 2 saturated heterocycles. The first-order valence-electron chi connectivity index (χ1n) is 17.7. The first-order valence-corrected chi connectivity index (χ1v) is 17.7. The fourth-order valence-electron chi connectivity index (χ4n) is 12.4. The summed E-state index contributed by atoms with van der Waals surface area (Å²) in [6.45, 7) is 9.75. The van der Waals surface area contributed by atoms with Crippen LogP contribution in [0.5, 0.6) is 11.5 Å². The number of nitrogens with zero attached hydrogens (tertiary/aromatic N) is 1. The Morgan fingerprint density at radius 3 is 2.55 bits per heavy atom. The number of piperidine rings is 1. The zero-order valence-corrected chi connectivity index (χ0v) is 26.9. The van der Waals surface area contributed by atoms with Gasteiger partial charge in [0.05, 0.1) is 11.7 Å². The number of hydrogen-bond donors (Lipinski definition) is 0. The number of likely N-dealkylation sites (tertiary alicyclic amines) is 1. The van der Waals surface area contributed by atoms with E-state index in [1.54, 1.807) is 0 Å². The standard InChI is InChI=1S/C40H49NO3/c1-26-19-36-35(41(23-26)24-27-9-12-31(13-10-27)43-30-7-5-4-6-8-30)22-40(44-36)18-16-33-32-14-11-28-20-29(42)15-17-37(28,2)34(32)21-39(33)25-38(39,40)3/h4-10,12-13,20,26,32-36H,11,14-19,21-25H2,1-3H3. The van der Waals surface area contributed by atoms with Gasteiger partial charge in [-0.05, 0) is 128 Å². The number of ketones is 1. The maximum Gasteiger partial charge on any atom is 0.155 e. The molecule has 10 unspecified atom stereocenters. The summed E-state index contributed by atoms with van der Waals surface area (Å²) in [6, 6.07) is 19.3. The number of para-hydroxylation sites is 1. The van der Waals surface area contributed by atoms with Crippen molar-refractivity contribution in [1.82, 2.24) is 4.90 Å². The molecule has 0 aromatic heterocycles. The van der Waals surface area contributed by atoms with Crippen LogP contribution in [0.1, 0.15) is 90.5 Å². The van der Waals surface area contributed by atoms with E-state index in [-0.39, 0.29) is 11.0 Å². The van der Waals surface area contributed by atoms with Gasteiger partial charge in [-0.15, -0.1) is 0 Å². The minimum absolute atomic E-state index is 0.0319. The van der Waals surface area contributed by atoms with Crippen molar-refractivity contribution in [2.45, 2.75) is 109 Å². The van der Waals surface area contributed by atoms with Crippen LogP contribution in [0.25, 0.3) is 0 Å². The van der Waals surface area contributed by atoms with Gasteiger partial charge in [0.15, 0.2) is 5.78 Å². The SMILES string of the molecule is CC1CC2OC3(CCC4C5CCC6=CC(=O)CCC6(C)C5CC45CC35C)CC2N(Cc2ccc(Oc3ccccc3)cc2)C1. The van der Waals surface area contributed by atoms with Gasteiger partial charge in [-0.1, -0.05) is 56.7 Å². The molecule has 44 heavy (non-hydrogen) atoms. The van der Waals surface area contributed by atoms with Crippen LogP contribution in [-0.2, 0) is 16.1 Å². The number of rotatable bonds is 4. The Hall–Kier alpha value is -2.43. The van der Waals surface area contributed by atoms with Crippen molar-refractivity contribution < 1.29 is 14.3 Å². The second kappa shape index (κ2) is 9.55. The summed E-state index contributed by atoms with van der Waals surface area (Å²) in [6.07, 6.45) is 14.5. The van der Waals surface area contributed by atoms with E-state index in [2.05, 4.69) is 56.0 Å². The minimum atomic E-state index is 0.0319. The molecule has 2 aromatic carbocycles. The van der Waals surface area contributed by atoms with E-state index in [1.165, 1.54) is 56.1 Å². The third-order valence-electron chi connectivity index (χ3n) is 14.6. The molecule has 2 aliphatic heterocycles. The monoisotopic (exact) mass is 591 g/mol. The minimum Gasteiger partial charge on any atom is -0.457 e. The van der Waals surface area contributed by atoms with Crippen molar-refractivity contribution in [1.29, 1.82) is 0 Å². The quantitative estimate of drug-likeness (QED) is 0.356. The average Bonchev–Trinajstić information content (AvgIpc) is 3.29. The highest BCUT2D eigenvalue weighted by Crippen LogP contribution is 2.86. The number of allylic oxidation sites excluding steroid dienone is 2. The van der Waals surface area contributed by atoms with Crippen molar-refractivity contribution in [2.75, 3.05) is 6.54 Å². The smallest absolute Gasteiger partial charge is 0.155 e. The summed E-state index contributed by atoms with van der Waals surface area (Å²) < 4.78 is 13.5. The third-order valence-corrected chi connectivity index (χ3v) is 14.6. The van der Waals surface area contributed by atoms with Gasteiger partial charge < -0.3 is 9.47 Å². The van der Waals surface area contributed by atoms with Crippen LogP contribution in [0.3, 0.4) is 0 Å². The molecular weight excluding hydrogens is 542 g/mol. The molecule has 4 saturated carbocycles. The van der Waals surface area contributed by atoms with E-state index in [0.29, 0.717) is 34.7 Å². The largest absolute Gasteiger partial charge is 0.457 e. The molecule has 2 spiro atoms. The Labute approximate surface area is 263 Å². The molecule has 5 aliphatic carbocycles. The van der Waals surface area contributed by atoms with E-state index in [9.17, 15) is 4.79 Å². The Morgan fingerprint density at radius 2 is 1.73 bits per heavy atom. The summed E-state index contributed by atoms with van der Waals surface area (Å²) in [5, 5.41) is 0. The van der Waals surface area contributed by atoms with E-state index in [4.69, 9.17) is 9.47 Å². The molecule has 2 heterocycles. The molecule has 232 valence electrons. The van der Waals surface area contributed by atoms with Crippen molar-refractivity contribution in [2.24, 2.45) is 39.9 Å². The van der Waals surface area contributed by atoms with Crippen LogP contribution in [0.2, 0.25) is 0 Å². The predicted molar refractivity (Wildman–Crippen MR) is 172 cm³/mol. The zero-order chi connectivity index (χ0) is 29.9. The molecule has 7 aliphatic rings. The lowest BCUT2D eigenvalue weighted by molar-refractivity contribution is -0.137. The van der Waals surface area contributed by atoms with Gasteiger partial charge in [-0.3, -0.25) is 9.69 Å². The van der Waals surface area contributed by atoms with Crippen LogP contribution in [0.4, 0.5) is 0 Å². The lowest BCUT2D eigenvalue weighted by Crippen LogP contribution is -2.48. The fraction of sp³-hybridized carbons (Fsp3) is 0.625. The number of benzene rings is 2. The highest BCUT2D eigenvalue weighted by atomic mass is 16.5. The fourth-order valence-corrected chi connectivity index (χ4v) is 12.4. The molecular formula is C40H49NO3. The number of ether oxygens (including phenoxy) is 2. The van der Waals surface area contributed by atoms with Gasteiger partial charge in [0.2, 0.25) is 0 Å². The molecule has 9 rings (SSSR count). The Balaban J connectivity index is 0.945. The van der Waals surface area contributed by atoms with E-state index >= 15 is 0 Å². The molecule has 10 atom stereocenters. The summed E-state index contributed by atoms with van der Waals surface area (Å²) in [5.41, 5.74) is 3.89. The predicted octanol–water partition coefficient (Wildman–Crippen LogP) is 8.75. The molecule has 6 fully saturated rings. The number of carbonyl (C=O) groups excluding carboxylic acids is 1. The van der Waals surface area contributed by atoms with Gasteiger partial charge in [-0.2, -0.15) is 0 Å². The highest BCUT2D eigenvalue weighted by molar-refractivity contribution is 5.91. The molecule has 0 amide bonds. The van der Waals surface area contributed by atoms with E-state index < -0.39 is 0 Å². The summed E-state index contributed by atoms with van der Waals surface area (Å²) in [4.78, 5) is 15.1. The molecule has 4 nitrogen and oxygen atoms in total. The summed E-state index contributed by atoms with van der Waals surface area (Å²) in [5.74, 6) is 5.26. The van der Waals surface area contributed by atoms with Crippen LogP contribution in [-0.4, -0.2) is 35.0 Å². The molecule has 0 bridgehead atoms. The molecule has 0 radical (unpaired) electrons. The van der Waals surface area contributed by atoms with Crippen LogP contribution in [0, 0.1) is 39.9 Å². The number of carbonyl (C=O) groups is 1. The molecule has 4 heteroatoms. The lowest BCUT2D eigenvalue weighted by Gasteiger charge is -2.49. The topological polar surface area (TPSA) is 38.8 Å². The second-order valence-electron chi connectivity index (χ2n) is 16.6. The number of fused-ring (bicyclic) bond motifs is 6. The maximum atomic E-state index is 12.4. The first kappa shape index (κ1) is 27.8. The van der Waals surface area contributed by atoms with Gasteiger partial charge in [0, 0.05) is 31.0 Å². The summed E-state index contributed by atoms with van der Waals surface area (Å²) >= 11 is 0. The highest BCUT2D eigenvalue weighted by Gasteiger charge is 2.83. The average molecular weight is 592 g/mol. The van der Waals surface area contributed by atoms with E-state index in [1.807, 2.05) is 30.3 Å². The van der Waals surface area contributed by atoms with Crippen LogP contribution in [0.15, 0.2) is 66.2 Å². The van der Waals surface area contributed by atoms with Crippen LogP contribution >= 0.6 is 0 Å². The maximum absolute atomic E-state index is 12.4. The van der Waals surface area contributed by atoms with Gasteiger partial charge in [0.1, 0.15) is 11.5 Å². The normalized spacial score (nSPS) is 45.5. The Kier molecular flexibility index (Phi) is 6.04. The molecule has 2 aromatic rings. The number of hydrogen-bond acceptors (Lipinski definition) is 4. The van der Waals surface area contributed by atoms with Crippen molar-refractivity contribution in [3.63, 3.8) is 0 Å². The summed E-state index contributed by atoms with van der Waals surface area (Å²) in [7, 11) is 0. The van der Waals surface area contributed by atoms with E-state index in [0.717, 1.165) is 61.6 Å². The van der Waals surface area contributed by atoms with Crippen molar-refractivity contribution in [3.05, 3.63) is 71.8 Å². The van der Waals surface area contributed by atoms with Crippen molar-refractivity contribution in [3.8, 4) is 11.5 Å². The van der Waals surface area contributed by atoms with Gasteiger partial charge >= 0.3 is 0 Å². The van der Waals surface area contributed by atoms with Crippen molar-refractivity contribution >= 4 is 5.78 Å². The lowest BCUT2D eigenvalue weighted by atomic mass is 9.56. The second-order valence-corrected chi connectivity index (χ2v) is 16.6. The Bertz CT molecular complexity index is 1500.